The van der Waals surface area contributed by atoms with Crippen molar-refractivity contribution in [1.82, 2.24) is 9.38 Å². The van der Waals surface area contributed by atoms with Crippen molar-refractivity contribution in [1.29, 1.82) is 0 Å². The molecule has 0 saturated carbocycles. The van der Waals surface area contributed by atoms with E-state index in [9.17, 15) is 0 Å². The number of aromatic nitrogens is 2. The van der Waals surface area contributed by atoms with Crippen molar-refractivity contribution < 1.29 is 4.42 Å². The van der Waals surface area contributed by atoms with E-state index < -0.39 is 0 Å². The van der Waals surface area contributed by atoms with Gasteiger partial charge in [-0.25, -0.2) is 4.98 Å². The van der Waals surface area contributed by atoms with E-state index in [-0.39, 0.29) is 0 Å². The van der Waals surface area contributed by atoms with Crippen LogP contribution in [0.1, 0.15) is 0 Å². The predicted molar refractivity (Wildman–Crippen MR) is 139 cm³/mol. The van der Waals surface area contributed by atoms with Crippen molar-refractivity contribution in [3.8, 4) is 22.5 Å². The third-order valence-electron chi connectivity index (χ3n) is 6.27. The summed E-state index contributed by atoms with van der Waals surface area (Å²) >= 11 is 3.76. The number of imidazole rings is 1. The van der Waals surface area contributed by atoms with Gasteiger partial charge in [0.15, 0.2) is 0 Å². The van der Waals surface area contributed by atoms with Crippen LogP contribution in [0.4, 0.5) is 0 Å². The minimum atomic E-state index is 0.857. The monoisotopic (exact) mass is 488 g/mol. The molecule has 0 fully saturated rings. The Morgan fingerprint density at radius 3 is 2.33 bits per heavy atom. The fourth-order valence-corrected chi connectivity index (χ4v) is 5.30. The Bertz CT molecular complexity index is 1830. The molecule has 3 nitrogen and oxygen atoms in total. The van der Waals surface area contributed by atoms with E-state index in [1.165, 1.54) is 5.39 Å². The maximum Gasteiger partial charge on any atom is 0.149 e. The quantitative estimate of drug-likeness (QED) is 0.244. The van der Waals surface area contributed by atoms with E-state index in [1.807, 2.05) is 24.3 Å². The van der Waals surface area contributed by atoms with Crippen molar-refractivity contribution >= 4 is 54.3 Å². The summed E-state index contributed by atoms with van der Waals surface area (Å²) in [4.78, 5) is 5.21. The standard InChI is InChI=1S/C29H17BrN2O/c30-24-17-20(16-23-22-12-6-7-13-25(22)33-28(23)24)26-27(19-9-2-1-3-10-19)32-15-14-18-8-4-5-11-21(18)29(32)31-26/h1-17H. The smallest absolute Gasteiger partial charge is 0.149 e. The largest absolute Gasteiger partial charge is 0.455 e. The van der Waals surface area contributed by atoms with Crippen molar-refractivity contribution in [3.63, 3.8) is 0 Å². The zero-order valence-corrected chi connectivity index (χ0v) is 19.1. The molecule has 0 unspecified atom stereocenters. The van der Waals surface area contributed by atoms with Gasteiger partial charge in [-0.05, 0) is 45.6 Å². The molecule has 0 saturated heterocycles. The van der Waals surface area contributed by atoms with Gasteiger partial charge in [0.25, 0.3) is 0 Å². The third-order valence-corrected chi connectivity index (χ3v) is 6.86. The minimum absolute atomic E-state index is 0.857. The van der Waals surface area contributed by atoms with Crippen LogP contribution >= 0.6 is 15.9 Å². The lowest BCUT2D eigenvalue weighted by atomic mass is 10.0. The van der Waals surface area contributed by atoms with Crippen LogP contribution < -0.4 is 0 Å². The van der Waals surface area contributed by atoms with Gasteiger partial charge < -0.3 is 4.42 Å². The number of nitrogens with zero attached hydrogens (tertiary/aromatic N) is 2. The Labute approximate surface area is 198 Å². The zero-order chi connectivity index (χ0) is 21.9. The summed E-state index contributed by atoms with van der Waals surface area (Å²) < 4.78 is 9.26. The topological polar surface area (TPSA) is 30.4 Å². The SMILES string of the molecule is Brc1cc(-c2nc3c4ccccc4ccn3c2-c2ccccc2)cc2c1oc1ccccc12. The third kappa shape index (κ3) is 2.77. The summed E-state index contributed by atoms with van der Waals surface area (Å²) in [6, 6.07) is 33.5. The second kappa shape index (κ2) is 7.06. The molecule has 0 bridgehead atoms. The number of benzene rings is 4. The van der Waals surface area contributed by atoms with Crippen LogP contribution in [-0.4, -0.2) is 9.38 Å². The average molecular weight is 489 g/mol. The number of furan rings is 1. The summed E-state index contributed by atoms with van der Waals surface area (Å²) in [5.74, 6) is 0. The minimum Gasteiger partial charge on any atom is -0.455 e. The first-order valence-electron chi connectivity index (χ1n) is 10.8. The average Bonchev–Trinajstić information content (AvgIpc) is 3.44. The first-order valence-corrected chi connectivity index (χ1v) is 11.6. The Morgan fingerprint density at radius 2 is 1.45 bits per heavy atom. The van der Waals surface area contributed by atoms with E-state index >= 15 is 0 Å². The van der Waals surface area contributed by atoms with Crippen LogP contribution in [0.15, 0.2) is 112 Å². The van der Waals surface area contributed by atoms with Crippen LogP contribution in [0.25, 0.3) is 60.9 Å². The molecule has 0 aliphatic heterocycles. The molecule has 0 aliphatic carbocycles. The summed E-state index contributed by atoms with van der Waals surface area (Å²) in [6.45, 7) is 0. The summed E-state index contributed by atoms with van der Waals surface area (Å²) in [5.41, 5.74) is 6.90. The molecule has 4 aromatic carbocycles. The molecule has 0 radical (unpaired) electrons. The zero-order valence-electron chi connectivity index (χ0n) is 17.5. The lowest BCUT2D eigenvalue weighted by Crippen LogP contribution is -1.90. The number of hydrogen-bond donors (Lipinski definition) is 0. The van der Waals surface area contributed by atoms with Crippen LogP contribution in [0, 0.1) is 0 Å². The van der Waals surface area contributed by atoms with Gasteiger partial charge in [0.05, 0.1) is 15.9 Å². The summed E-state index contributed by atoms with van der Waals surface area (Å²) in [5, 5.41) is 4.50. The van der Waals surface area contributed by atoms with E-state index in [4.69, 9.17) is 9.40 Å². The molecule has 0 atom stereocenters. The van der Waals surface area contributed by atoms with Crippen LogP contribution in [0.3, 0.4) is 0 Å². The molecule has 7 rings (SSSR count). The predicted octanol–water partition coefficient (Wildman–Crippen LogP) is 8.48. The molecule has 0 amide bonds. The summed E-state index contributed by atoms with van der Waals surface area (Å²) in [7, 11) is 0. The normalized spacial score (nSPS) is 11.8. The Balaban J connectivity index is 1.61. The number of para-hydroxylation sites is 1. The molecule has 33 heavy (non-hydrogen) atoms. The Kier molecular flexibility index (Phi) is 3.99. The van der Waals surface area contributed by atoms with Gasteiger partial charge in [-0.3, -0.25) is 4.40 Å². The van der Waals surface area contributed by atoms with E-state index in [1.54, 1.807) is 0 Å². The van der Waals surface area contributed by atoms with Gasteiger partial charge in [-0.1, -0.05) is 72.8 Å². The van der Waals surface area contributed by atoms with Crippen LogP contribution in [-0.2, 0) is 0 Å². The highest BCUT2D eigenvalue weighted by molar-refractivity contribution is 9.10. The maximum absolute atomic E-state index is 6.13. The second-order valence-corrected chi connectivity index (χ2v) is 9.06. The van der Waals surface area contributed by atoms with Crippen molar-refractivity contribution in [3.05, 3.63) is 108 Å². The van der Waals surface area contributed by atoms with Crippen LogP contribution in [0.5, 0.6) is 0 Å². The highest BCUT2D eigenvalue weighted by Gasteiger charge is 2.20. The highest BCUT2D eigenvalue weighted by atomic mass is 79.9. The maximum atomic E-state index is 6.13. The van der Waals surface area contributed by atoms with Gasteiger partial charge in [-0.15, -0.1) is 0 Å². The molecule has 4 heteroatoms. The molecular formula is C29H17BrN2O. The van der Waals surface area contributed by atoms with E-state index in [0.29, 0.717) is 0 Å². The number of fused-ring (bicyclic) bond motifs is 6. The molecular weight excluding hydrogens is 472 g/mol. The molecule has 3 aromatic heterocycles. The Morgan fingerprint density at radius 1 is 0.697 bits per heavy atom. The summed E-state index contributed by atoms with van der Waals surface area (Å²) in [6.07, 6.45) is 2.12. The van der Waals surface area contributed by atoms with Gasteiger partial charge in [0.2, 0.25) is 0 Å². The second-order valence-electron chi connectivity index (χ2n) is 8.20. The van der Waals surface area contributed by atoms with Gasteiger partial charge >= 0.3 is 0 Å². The fourth-order valence-electron chi connectivity index (χ4n) is 4.76. The first kappa shape index (κ1) is 18.7. The van der Waals surface area contributed by atoms with Crippen LogP contribution in [0.2, 0.25) is 0 Å². The van der Waals surface area contributed by atoms with E-state index in [2.05, 4.69) is 99.3 Å². The fraction of sp³-hybridized carbons (Fsp3) is 0. The van der Waals surface area contributed by atoms with Crippen molar-refractivity contribution in [2.75, 3.05) is 0 Å². The Hall–Kier alpha value is -3.89. The van der Waals surface area contributed by atoms with Gasteiger partial charge in [0.1, 0.15) is 16.8 Å². The molecule has 3 heterocycles. The van der Waals surface area contributed by atoms with Crippen molar-refractivity contribution in [2.24, 2.45) is 0 Å². The molecule has 0 spiro atoms. The highest BCUT2D eigenvalue weighted by Crippen LogP contribution is 2.40. The molecule has 0 N–H and O–H groups in total. The molecule has 7 aromatic rings. The van der Waals surface area contributed by atoms with Gasteiger partial charge in [0, 0.05) is 33.5 Å². The number of pyridine rings is 1. The van der Waals surface area contributed by atoms with E-state index in [0.717, 1.165) is 60.0 Å². The van der Waals surface area contributed by atoms with Crippen molar-refractivity contribution in [2.45, 2.75) is 0 Å². The number of rotatable bonds is 2. The number of hydrogen-bond acceptors (Lipinski definition) is 2. The first-order chi connectivity index (χ1) is 16.3. The molecule has 0 aliphatic rings. The lowest BCUT2D eigenvalue weighted by Gasteiger charge is -2.07. The van der Waals surface area contributed by atoms with Gasteiger partial charge in [-0.2, -0.15) is 0 Å². The molecule has 156 valence electrons. The lowest BCUT2D eigenvalue weighted by molar-refractivity contribution is 0.667. The number of halogens is 1.